The monoisotopic (exact) mass is 579 g/mol. The lowest BCUT2D eigenvalue weighted by Gasteiger charge is -2.19. The Morgan fingerprint density at radius 1 is 0.786 bits per heavy atom. The minimum Gasteiger partial charge on any atom is -0.434 e. The molecule has 0 saturated carbocycles. The molecule has 1 aliphatic heterocycles. The van der Waals surface area contributed by atoms with Crippen LogP contribution in [0.3, 0.4) is 0 Å². The molecular formula is C29H29N3O10. The zero-order valence-electron chi connectivity index (χ0n) is 23.2. The Bertz CT molecular complexity index is 1410. The van der Waals surface area contributed by atoms with Gasteiger partial charge in [0.1, 0.15) is 5.69 Å². The minimum atomic E-state index is -0.999. The van der Waals surface area contributed by atoms with Crippen molar-refractivity contribution in [3.05, 3.63) is 65.2 Å². The second-order valence-electron chi connectivity index (χ2n) is 8.92. The van der Waals surface area contributed by atoms with Gasteiger partial charge >= 0.3 is 12.3 Å². The van der Waals surface area contributed by atoms with Crippen LogP contribution in [0.4, 0.5) is 15.3 Å². The smallest absolute Gasteiger partial charge is 0.434 e. The van der Waals surface area contributed by atoms with Crippen LogP contribution in [0.1, 0.15) is 40.1 Å². The van der Waals surface area contributed by atoms with Crippen molar-refractivity contribution in [2.24, 2.45) is 0 Å². The van der Waals surface area contributed by atoms with Gasteiger partial charge in [0.05, 0.1) is 43.9 Å². The first kappa shape index (κ1) is 29.8. The van der Waals surface area contributed by atoms with Crippen molar-refractivity contribution < 1.29 is 47.8 Å². The number of nitrogens with two attached hydrogens (primary N) is 1. The number of imide groups is 1. The molecule has 0 spiro atoms. The molecule has 0 unspecified atom stereocenters. The Hall–Kier alpha value is -5.17. The lowest BCUT2D eigenvalue weighted by Crippen LogP contribution is -2.36. The fraction of sp³-hybridized carbons (Fsp3) is 0.276. The number of likely N-dealkylation sites (N-methyl/N-ethyl adjacent to an activating group) is 1. The molecule has 4 rings (SSSR count). The number of amides is 3. The van der Waals surface area contributed by atoms with Crippen LogP contribution < -0.4 is 15.2 Å². The van der Waals surface area contributed by atoms with Gasteiger partial charge in [0.25, 0.3) is 11.8 Å². The molecule has 42 heavy (non-hydrogen) atoms. The number of rotatable bonds is 10. The molecule has 2 aliphatic carbocycles. The number of nitrogens with zero attached hydrogens (tertiary/aromatic N) is 2. The van der Waals surface area contributed by atoms with E-state index in [0.29, 0.717) is 27.8 Å². The number of hydrogen-bond acceptors (Lipinski definition) is 11. The van der Waals surface area contributed by atoms with E-state index >= 15 is 0 Å². The summed E-state index contributed by atoms with van der Waals surface area (Å²) in [6, 6.07) is 12.9. The lowest BCUT2D eigenvalue weighted by molar-refractivity contribution is -0.177. The third-order valence-electron chi connectivity index (χ3n) is 6.28. The van der Waals surface area contributed by atoms with Crippen LogP contribution in [0.15, 0.2) is 48.5 Å². The maximum atomic E-state index is 12.9. The number of nitrogen functional groups attached to an aromatic ring is 1. The summed E-state index contributed by atoms with van der Waals surface area (Å²) in [4.78, 5) is 68.5. The number of carbonyl (C=O) groups excluding carboxylic acids is 5. The van der Waals surface area contributed by atoms with E-state index in [1.54, 1.807) is 62.4 Å². The topological polar surface area (TPSA) is 164 Å². The van der Waals surface area contributed by atoms with E-state index in [1.165, 1.54) is 7.05 Å². The molecule has 3 amide bonds. The zero-order valence-corrected chi connectivity index (χ0v) is 23.2. The Labute approximate surface area is 240 Å². The third-order valence-corrected chi connectivity index (χ3v) is 6.28. The molecule has 0 atom stereocenters. The average Bonchev–Trinajstić information content (AvgIpc) is 3.22. The molecule has 1 aromatic carbocycles. The molecule has 0 radical (unpaired) electrons. The fourth-order valence-corrected chi connectivity index (χ4v) is 4.27. The summed E-state index contributed by atoms with van der Waals surface area (Å²) in [5, 5.41) is 1.02. The molecule has 2 N–H and O–H groups in total. The van der Waals surface area contributed by atoms with Crippen LogP contribution in [0, 0.1) is 0 Å². The molecule has 0 saturated heterocycles. The van der Waals surface area contributed by atoms with Crippen LogP contribution in [-0.4, -0.2) is 73.4 Å². The highest BCUT2D eigenvalue weighted by Crippen LogP contribution is 2.50. The van der Waals surface area contributed by atoms with Crippen molar-refractivity contribution >= 4 is 35.7 Å². The van der Waals surface area contributed by atoms with Gasteiger partial charge in [-0.15, -0.1) is 0 Å². The van der Waals surface area contributed by atoms with Gasteiger partial charge in [-0.25, -0.2) is 14.7 Å². The SMILES string of the molecule is CCOC(=O)Oc1c2ccc(CC(=O)N(C)OCCN3C(=O)c4ccccc4C3=O)ccc-2c(OC(=O)OCC)c1N. The van der Waals surface area contributed by atoms with Crippen molar-refractivity contribution in [3.8, 4) is 22.6 Å². The molecule has 3 aliphatic rings. The quantitative estimate of drug-likeness (QED) is 0.212. The molecule has 0 bridgehead atoms. The van der Waals surface area contributed by atoms with Crippen LogP contribution in [0.5, 0.6) is 11.5 Å². The highest BCUT2D eigenvalue weighted by atomic mass is 16.7. The zero-order chi connectivity index (χ0) is 30.4. The Morgan fingerprint density at radius 2 is 1.29 bits per heavy atom. The molecule has 1 aromatic rings. The van der Waals surface area contributed by atoms with Gasteiger partial charge in [-0.2, -0.15) is 0 Å². The van der Waals surface area contributed by atoms with Crippen LogP contribution in [0.25, 0.3) is 11.1 Å². The Kier molecular flexibility index (Phi) is 9.22. The summed E-state index contributed by atoms with van der Waals surface area (Å²) < 4.78 is 20.2. The van der Waals surface area contributed by atoms with E-state index in [2.05, 4.69) is 0 Å². The van der Waals surface area contributed by atoms with E-state index < -0.39 is 30.0 Å². The number of benzene rings is 1. The number of ether oxygens (including phenoxy) is 4. The number of anilines is 1. The first-order valence-electron chi connectivity index (χ1n) is 13.0. The van der Waals surface area contributed by atoms with Gasteiger partial charge in [0, 0.05) is 18.2 Å². The van der Waals surface area contributed by atoms with E-state index in [1.807, 2.05) is 0 Å². The minimum absolute atomic E-state index is 0.0347. The van der Waals surface area contributed by atoms with Gasteiger partial charge in [0.15, 0.2) is 11.5 Å². The van der Waals surface area contributed by atoms with Gasteiger partial charge in [-0.05, 0) is 31.5 Å². The number of hydrogen-bond donors (Lipinski definition) is 1. The van der Waals surface area contributed by atoms with Crippen molar-refractivity contribution in [3.63, 3.8) is 0 Å². The lowest BCUT2D eigenvalue weighted by atomic mass is 10.1. The summed E-state index contributed by atoms with van der Waals surface area (Å²) in [6.45, 7) is 3.23. The van der Waals surface area contributed by atoms with E-state index in [4.69, 9.17) is 29.5 Å². The summed E-state index contributed by atoms with van der Waals surface area (Å²) in [7, 11) is 1.42. The Morgan fingerprint density at radius 3 is 1.76 bits per heavy atom. The number of fused-ring (bicyclic) bond motifs is 2. The summed E-state index contributed by atoms with van der Waals surface area (Å²) >= 11 is 0. The second-order valence-corrected chi connectivity index (χ2v) is 8.92. The van der Waals surface area contributed by atoms with Gasteiger partial charge in [-0.1, -0.05) is 36.4 Å². The van der Waals surface area contributed by atoms with Crippen LogP contribution in [-0.2, 0) is 25.5 Å². The van der Waals surface area contributed by atoms with E-state index in [9.17, 15) is 24.0 Å². The highest BCUT2D eigenvalue weighted by Gasteiger charge is 2.35. The third kappa shape index (κ3) is 6.25. The maximum Gasteiger partial charge on any atom is 0.513 e. The molecular weight excluding hydrogens is 550 g/mol. The fourth-order valence-electron chi connectivity index (χ4n) is 4.27. The molecule has 13 nitrogen and oxygen atoms in total. The first-order valence-corrected chi connectivity index (χ1v) is 13.0. The number of hydroxylamine groups is 2. The molecule has 13 heteroatoms. The van der Waals surface area contributed by atoms with Gasteiger partial charge < -0.3 is 24.7 Å². The first-order chi connectivity index (χ1) is 20.2. The molecule has 1 heterocycles. The standard InChI is InChI=1S/C29H29N3O10/c1-4-38-28(36)41-24-18-12-10-17(11-13-19(18)25(23(24)30)42-29(37)39-5-2)16-22(33)31(3)40-15-14-32-26(34)20-8-6-7-9-21(20)27(32)35/h6-13H,4-5,14-16,30H2,1-3H3. The molecule has 0 aromatic heterocycles. The van der Waals surface area contributed by atoms with Crippen molar-refractivity contribution in [1.29, 1.82) is 0 Å². The predicted octanol–water partition coefficient (Wildman–Crippen LogP) is 3.67. The van der Waals surface area contributed by atoms with Crippen molar-refractivity contribution in [2.45, 2.75) is 20.3 Å². The van der Waals surface area contributed by atoms with Gasteiger partial charge in [0.2, 0.25) is 5.91 Å². The maximum absolute atomic E-state index is 12.9. The largest absolute Gasteiger partial charge is 0.513 e. The predicted molar refractivity (Wildman–Crippen MR) is 147 cm³/mol. The van der Waals surface area contributed by atoms with Crippen LogP contribution >= 0.6 is 0 Å². The average molecular weight is 580 g/mol. The second kappa shape index (κ2) is 13.0. The normalized spacial score (nSPS) is 12.2. The van der Waals surface area contributed by atoms with Crippen molar-refractivity contribution in [1.82, 2.24) is 9.96 Å². The molecule has 220 valence electrons. The molecule has 0 fully saturated rings. The summed E-state index contributed by atoms with van der Waals surface area (Å²) in [5.41, 5.74) is 7.88. The summed E-state index contributed by atoms with van der Waals surface area (Å²) in [5.74, 6) is -1.41. The van der Waals surface area contributed by atoms with Crippen molar-refractivity contribution in [2.75, 3.05) is 39.1 Å². The Balaban J connectivity index is 1.45. The van der Waals surface area contributed by atoms with Gasteiger partial charge in [-0.3, -0.25) is 24.1 Å². The van der Waals surface area contributed by atoms with E-state index in [0.717, 1.165) is 9.96 Å². The van der Waals surface area contributed by atoms with E-state index in [-0.39, 0.29) is 50.0 Å². The number of carbonyl (C=O) groups is 5. The summed E-state index contributed by atoms with van der Waals surface area (Å²) in [6.07, 6.45) is -2.10. The highest BCUT2D eigenvalue weighted by molar-refractivity contribution is 6.21. The van der Waals surface area contributed by atoms with Crippen LogP contribution in [0.2, 0.25) is 0 Å².